The molecule has 0 fully saturated rings. The van der Waals surface area contributed by atoms with Gasteiger partial charge in [0.25, 0.3) is 0 Å². The van der Waals surface area contributed by atoms with Crippen LogP contribution in [0.25, 0.3) is 6.08 Å². The largest absolute Gasteiger partial charge is 0.497 e. The molecule has 0 radical (unpaired) electrons. The predicted octanol–water partition coefficient (Wildman–Crippen LogP) is 4.79. The van der Waals surface area contributed by atoms with E-state index in [2.05, 4.69) is 0 Å². The second-order valence-electron chi connectivity index (χ2n) is 4.37. The summed E-state index contributed by atoms with van der Waals surface area (Å²) in [6, 6.07) is 13.5. The number of carbonyl (C=O) groups is 1. The molecule has 2 aromatic rings. The van der Waals surface area contributed by atoms with Gasteiger partial charge in [0.2, 0.25) is 5.78 Å². The van der Waals surface area contributed by atoms with Crippen LogP contribution in [-0.4, -0.2) is 12.9 Å². The zero-order valence-corrected chi connectivity index (χ0v) is 13.2. The van der Waals surface area contributed by atoms with Gasteiger partial charge in [0.15, 0.2) is 0 Å². The molecule has 0 aliphatic rings. The molecule has 0 aliphatic heterocycles. The van der Waals surface area contributed by atoms with E-state index in [0.717, 1.165) is 0 Å². The molecule has 0 heterocycles. The number of ketones is 1. The van der Waals surface area contributed by atoms with Gasteiger partial charge in [-0.2, -0.15) is 5.26 Å². The Hall–Kier alpha value is -2.28. The first kappa shape index (κ1) is 16.1. The van der Waals surface area contributed by atoms with Crippen LogP contribution in [0.2, 0.25) is 10.0 Å². The number of methoxy groups -OCH3 is 1. The number of nitriles is 1. The first-order valence-corrected chi connectivity index (χ1v) is 7.07. The van der Waals surface area contributed by atoms with Gasteiger partial charge in [0.05, 0.1) is 17.2 Å². The van der Waals surface area contributed by atoms with Crippen molar-refractivity contribution in [2.75, 3.05) is 7.11 Å². The van der Waals surface area contributed by atoms with E-state index in [0.29, 0.717) is 26.9 Å². The average Bonchev–Trinajstić information content (AvgIpc) is 2.55. The molecule has 0 spiro atoms. The molecule has 0 amide bonds. The molecular weight excluding hydrogens is 321 g/mol. The van der Waals surface area contributed by atoms with Crippen molar-refractivity contribution in [3.8, 4) is 11.8 Å². The van der Waals surface area contributed by atoms with Gasteiger partial charge in [0.1, 0.15) is 17.4 Å². The van der Waals surface area contributed by atoms with Crippen molar-refractivity contribution in [2.45, 2.75) is 0 Å². The van der Waals surface area contributed by atoms with Crippen LogP contribution in [0.5, 0.6) is 5.75 Å². The molecule has 5 heteroatoms. The maximum atomic E-state index is 12.4. The minimum Gasteiger partial charge on any atom is -0.497 e. The Morgan fingerprint density at radius 1 is 1.18 bits per heavy atom. The van der Waals surface area contributed by atoms with Crippen LogP contribution in [0, 0.1) is 11.3 Å². The van der Waals surface area contributed by atoms with Crippen LogP contribution in [0.1, 0.15) is 15.9 Å². The number of hydrogen-bond acceptors (Lipinski definition) is 3. The predicted molar refractivity (Wildman–Crippen MR) is 87.4 cm³/mol. The lowest BCUT2D eigenvalue weighted by molar-refractivity contribution is 0.104. The van der Waals surface area contributed by atoms with Crippen LogP contribution in [-0.2, 0) is 0 Å². The van der Waals surface area contributed by atoms with Gasteiger partial charge in [-0.15, -0.1) is 0 Å². The van der Waals surface area contributed by atoms with Gasteiger partial charge in [0, 0.05) is 5.56 Å². The van der Waals surface area contributed by atoms with Crippen LogP contribution >= 0.6 is 23.2 Å². The molecule has 0 bridgehead atoms. The fourth-order valence-corrected chi connectivity index (χ4v) is 2.20. The molecule has 3 nitrogen and oxygen atoms in total. The summed E-state index contributed by atoms with van der Waals surface area (Å²) < 4.78 is 5.04. The van der Waals surface area contributed by atoms with Crippen molar-refractivity contribution < 1.29 is 9.53 Å². The average molecular weight is 332 g/mol. The number of hydrogen-bond donors (Lipinski definition) is 0. The minimum atomic E-state index is -0.388. The Labute approximate surface area is 138 Å². The van der Waals surface area contributed by atoms with Gasteiger partial charge < -0.3 is 4.74 Å². The fourth-order valence-electron chi connectivity index (χ4n) is 1.83. The van der Waals surface area contributed by atoms with Crippen LogP contribution in [0.15, 0.2) is 48.0 Å². The smallest absolute Gasteiger partial charge is 0.203 e. The standard InChI is InChI=1S/C17H11Cl2NO2/c1-22-14-7-5-11(6-8-14)17(21)13(10-20)9-12-3-2-4-15(18)16(12)19/h2-9H,1H3/b13-9-. The second kappa shape index (κ2) is 7.13. The summed E-state index contributed by atoms with van der Waals surface area (Å²) in [5, 5.41) is 9.91. The van der Waals surface area contributed by atoms with Crippen molar-refractivity contribution in [3.63, 3.8) is 0 Å². The van der Waals surface area contributed by atoms with Gasteiger partial charge >= 0.3 is 0 Å². The lowest BCUT2D eigenvalue weighted by atomic mass is 10.0. The molecule has 0 aliphatic carbocycles. The van der Waals surface area contributed by atoms with Crippen LogP contribution < -0.4 is 4.74 Å². The molecule has 0 N–H and O–H groups in total. The number of Topliss-reactive ketones (excluding diaryl/α,β-unsaturated/α-hetero) is 1. The second-order valence-corrected chi connectivity index (χ2v) is 5.16. The maximum absolute atomic E-state index is 12.4. The normalized spacial score (nSPS) is 10.9. The molecule has 0 saturated carbocycles. The summed E-state index contributed by atoms with van der Waals surface area (Å²) >= 11 is 12.0. The summed E-state index contributed by atoms with van der Waals surface area (Å²) in [5.41, 5.74) is 0.897. The molecule has 22 heavy (non-hydrogen) atoms. The van der Waals surface area contributed by atoms with E-state index in [1.807, 2.05) is 6.07 Å². The lowest BCUT2D eigenvalue weighted by Gasteiger charge is -2.04. The molecule has 2 rings (SSSR count). The maximum Gasteiger partial charge on any atom is 0.203 e. The first-order chi connectivity index (χ1) is 10.6. The summed E-state index contributed by atoms with van der Waals surface area (Å²) in [6.45, 7) is 0. The van der Waals surface area contributed by atoms with Crippen LogP contribution in [0.4, 0.5) is 0 Å². The molecule has 0 unspecified atom stereocenters. The van der Waals surface area contributed by atoms with E-state index in [1.54, 1.807) is 49.6 Å². The zero-order valence-electron chi connectivity index (χ0n) is 11.6. The van der Waals surface area contributed by atoms with Crippen molar-refractivity contribution in [1.82, 2.24) is 0 Å². The van der Waals surface area contributed by atoms with Crippen molar-refractivity contribution in [3.05, 3.63) is 69.2 Å². The lowest BCUT2D eigenvalue weighted by Crippen LogP contribution is -2.02. The highest BCUT2D eigenvalue weighted by Gasteiger charge is 2.13. The quantitative estimate of drug-likeness (QED) is 0.459. The minimum absolute atomic E-state index is 0.0191. The van der Waals surface area contributed by atoms with Crippen LogP contribution in [0.3, 0.4) is 0 Å². The molecule has 110 valence electrons. The highest BCUT2D eigenvalue weighted by molar-refractivity contribution is 6.43. The van der Waals surface area contributed by atoms with Crippen molar-refractivity contribution in [2.24, 2.45) is 0 Å². The third kappa shape index (κ3) is 3.48. The fraction of sp³-hybridized carbons (Fsp3) is 0.0588. The third-order valence-electron chi connectivity index (χ3n) is 3.00. The van der Waals surface area contributed by atoms with Crippen molar-refractivity contribution >= 4 is 35.1 Å². The number of benzene rings is 2. The third-order valence-corrected chi connectivity index (χ3v) is 3.83. The van der Waals surface area contributed by atoms with E-state index in [1.165, 1.54) is 6.08 Å². The Kier molecular flexibility index (Phi) is 5.21. The Morgan fingerprint density at radius 3 is 2.45 bits per heavy atom. The molecule has 0 saturated heterocycles. The van der Waals surface area contributed by atoms with Gasteiger partial charge in [-0.05, 0) is 42.0 Å². The van der Waals surface area contributed by atoms with E-state index >= 15 is 0 Å². The number of halogens is 2. The number of rotatable bonds is 4. The Bertz CT molecular complexity index is 774. The number of nitrogens with zero attached hydrogens (tertiary/aromatic N) is 1. The summed E-state index contributed by atoms with van der Waals surface area (Å²) in [5.74, 6) is 0.248. The number of carbonyl (C=O) groups excluding carboxylic acids is 1. The molecular formula is C17H11Cl2NO2. The summed E-state index contributed by atoms with van der Waals surface area (Å²) in [6.07, 6.45) is 1.43. The zero-order chi connectivity index (χ0) is 16.1. The SMILES string of the molecule is COc1ccc(C(=O)/C(C#N)=C\c2cccc(Cl)c2Cl)cc1. The number of ether oxygens (including phenoxy) is 1. The van der Waals surface area contributed by atoms with Gasteiger partial charge in [-0.25, -0.2) is 0 Å². The Balaban J connectivity index is 2.38. The monoisotopic (exact) mass is 331 g/mol. The first-order valence-electron chi connectivity index (χ1n) is 6.31. The van der Waals surface area contributed by atoms with E-state index in [-0.39, 0.29) is 11.4 Å². The van der Waals surface area contributed by atoms with E-state index < -0.39 is 0 Å². The topological polar surface area (TPSA) is 50.1 Å². The summed E-state index contributed by atoms with van der Waals surface area (Å²) in [4.78, 5) is 12.4. The van der Waals surface area contributed by atoms with E-state index in [9.17, 15) is 10.1 Å². The molecule has 0 aromatic heterocycles. The van der Waals surface area contributed by atoms with E-state index in [4.69, 9.17) is 27.9 Å². The van der Waals surface area contributed by atoms with Crippen molar-refractivity contribution in [1.29, 1.82) is 5.26 Å². The summed E-state index contributed by atoms with van der Waals surface area (Å²) in [7, 11) is 1.54. The van der Waals surface area contributed by atoms with Gasteiger partial charge in [-0.1, -0.05) is 35.3 Å². The molecule has 0 atom stereocenters. The van der Waals surface area contributed by atoms with Gasteiger partial charge in [-0.3, -0.25) is 4.79 Å². The number of allylic oxidation sites excluding steroid dienone is 1. The highest BCUT2D eigenvalue weighted by Crippen LogP contribution is 2.27. The molecule has 2 aromatic carbocycles. The highest BCUT2D eigenvalue weighted by atomic mass is 35.5. The Morgan fingerprint density at radius 2 is 1.86 bits per heavy atom.